The smallest absolute Gasteiger partial charge is 0.195 e. The van der Waals surface area contributed by atoms with E-state index in [0.29, 0.717) is 0 Å². The molecule has 3 aromatic rings. The van der Waals surface area contributed by atoms with E-state index in [0.717, 1.165) is 33.3 Å². The number of aryl methyl sites for hydroxylation is 1. The van der Waals surface area contributed by atoms with Gasteiger partial charge in [0.15, 0.2) is 11.6 Å². The second-order valence-electron chi connectivity index (χ2n) is 4.77. The Morgan fingerprint density at radius 3 is 2.74 bits per heavy atom. The molecule has 1 aromatic heterocycles. The van der Waals surface area contributed by atoms with Crippen molar-refractivity contribution in [3.63, 3.8) is 0 Å². The fraction of sp³-hybridized carbons (Fsp3) is 0.0625. The number of hydrogen-bond donors (Lipinski definition) is 3. The molecule has 0 unspecified atom stereocenters. The molecule has 0 radical (unpaired) electrons. The van der Waals surface area contributed by atoms with Crippen LogP contribution in [0, 0.1) is 6.92 Å². The third-order valence-electron chi connectivity index (χ3n) is 3.32. The van der Waals surface area contributed by atoms with Crippen molar-refractivity contribution < 1.29 is 19.5 Å². The zero-order chi connectivity index (χ0) is 16.2. The lowest BCUT2D eigenvalue weighted by Crippen LogP contribution is -2.00. The van der Waals surface area contributed by atoms with Crippen molar-refractivity contribution in [3.8, 4) is 11.5 Å². The highest BCUT2D eigenvalue weighted by Crippen LogP contribution is 2.34. The van der Waals surface area contributed by atoms with E-state index in [1.165, 1.54) is 12.3 Å². The summed E-state index contributed by atoms with van der Waals surface area (Å²) in [6.07, 6.45) is 1.51. The minimum atomic E-state index is -0.0490. The van der Waals surface area contributed by atoms with Gasteiger partial charge in [-0.3, -0.25) is 0 Å². The third kappa shape index (κ3) is 3.31. The van der Waals surface area contributed by atoms with Crippen LogP contribution in [0.3, 0.4) is 0 Å². The van der Waals surface area contributed by atoms with E-state index in [-0.39, 0.29) is 17.3 Å². The molecule has 0 aliphatic rings. The molecular weight excluding hydrogens is 316 g/mol. The summed E-state index contributed by atoms with van der Waals surface area (Å²) in [7, 11) is 0. The highest BCUT2D eigenvalue weighted by Gasteiger charge is 2.09. The average molecular weight is 330 g/mol. The lowest BCUT2D eigenvalue weighted by Gasteiger charge is -2.10. The Morgan fingerprint density at radius 2 is 1.91 bits per heavy atom. The molecule has 0 amide bonds. The second kappa shape index (κ2) is 6.74. The standard InChI is InChI=1S/C16H14N2O4S/c1-10-12(19)8-7-11-4-2-6-14(15(10)11)23-22-21-18-16-13(20)5-3-9-17-16/h2-9,19-20H,1H3,(H,17,18). The summed E-state index contributed by atoms with van der Waals surface area (Å²) < 4.78 is 5.05. The van der Waals surface area contributed by atoms with E-state index < -0.39 is 0 Å². The van der Waals surface area contributed by atoms with Crippen LogP contribution in [0.4, 0.5) is 5.82 Å². The Bertz CT molecular complexity index is 841. The van der Waals surface area contributed by atoms with E-state index in [9.17, 15) is 10.2 Å². The van der Waals surface area contributed by atoms with Gasteiger partial charge in [-0.05, 0) is 42.1 Å². The summed E-state index contributed by atoms with van der Waals surface area (Å²) in [5.74, 6) is 0.329. The number of phenolic OH excluding ortho intramolecular Hbond substituents is 1. The maximum absolute atomic E-state index is 9.86. The van der Waals surface area contributed by atoms with Gasteiger partial charge in [0, 0.05) is 16.5 Å². The number of pyridine rings is 1. The van der Waals surface area contributed by atoms with E-state index in [2.05, 4.69) is 10.5 Å². The number of anilines is 1. The summed E-state index contributed by atoms with van der Waals surface area (Å²) in [6, 6.07) is 12.3. The van der Waals surface area contributed by atoms with E-state index >= 15 is 0 Å². The highest BCUT2D eigenvalue weighted by atomic mass is 32.2. The molecule has 0 aliphatic heterocycles. The van der Waals surface area contributed by atoms with Crippen molar-refractivity contribution in [2.45, 2.75) is 11.8 Å². The van der Waals surface area contributed by atoms with Crippen LogP contribution in [0.2, 0.25) is 0 Å². The van der Waals surface area contributed by atoms with Crippen LogP contribution in [0.1, 0.15) is 5.56 Å². The highest BCUT2D eigenvalue weighted by molar-refractivity contribution is 7.94. The van der Waals surface area contributed by atoms with Crippen molar-refractivity contribution in [1.82, 2.24) is 4.98 Å². The van der Waals surface area contributed by atoms with Crippen LogP contribution in [0.25, 0.3) is 10.8 Å². The van der Waals surface area contributed by atoms with Gasteiger partial charge in [-0.1, -0.05) is 23.2 Å². The first-order chi connectivity index (χ1) is 11.2. The van der Waals surface area contributed by atoms with Crippen molar-refractivity contribution in [2.75, 3.05) is 5.48 Å². The van der Waals surface area contributed by atoms with Gasteiger partial charge in [0.1, 0.15) is 5.75 Å². The quantitative estimate of drug-likeness (QED) is 0.283. The van der Waals surface area contributed by atoms with Crippen LogP contribution in [0.15, 0.2) is 53.6 Å². The van der Waals surface area contributed by atoms with Gasteiger partial charge in [0.2, 0.25) is 0 Å². The lowest BCUT2D eigenvalue weighted by molar-refractivity contribution is -0.161. The fourth-order valence-corrected chi connectivity index (χ4v) is 2.79. The molecule has 0 atom stereocenters. The molecule has 2 aromatic carbocycles. The van der Waals surface area contributed by atoms with Crippen LogP contribution in [-0.2, 0) is 9.32 Å². The van der Waals surface area contributed by atoms with Gasteiger partial charge in [-0.2, -0.15) is 0 Å². The SMILES string of the molecule is Cc1c(O)ccc2cccc(SOONc3ncccc3O)c12. The maximum atomic E-state index is 9.86. The Balaban J connectivity index is 1.70. The monoisotopic (exact) mass is 330 g/mol. The predicted octanol–water partition coefficient (Wildman–Crippen LogP) is 3.94. The van der Waals surface area contributed by atoms with Crippen LogP contribution in [-0.4, -0.2) is 15.2 Å². The van der Waals surface area contributed by atoms with Gasteiger partial charge >= 0.3 is 0 Å². The third-order valence-corrected chi connectivity index (χ3v) is 3.98. The molecule has 0 spiro atoms. The van der Waals surface area contributed by atoms with Gasteiger partial charge in [-0.25, -0.2) is 10.5 Å². The zero-order valence-electron chi connectivity index (χ0n) is 12.2. The Kier molecular flexibility index (Phi) is 4.52. The molecule has 1 heterocycles. The molecule has 118 valence electrons. The number of benzene rings is 2. The number of rotatable bonds is 5. The molecule has 23 heavy (non-hydrogen) atoms. The number of phenols is 1. The largest absolute Gasteiger partial charge is 0.508 e. The Hall–Kier alpha value is -2.48. The van der Waals surface area contributed by atoms with E-state index in [4.69, 9.17) is 9.32 Å². The number of nitrogens with one attached hydrogen (secondary N) is 1. The molecule has 0 fully saturated rings. The summed E-state index contributed by atoms with van der Waals surface area (Å²) in [5, 5.41) is 21.3. The number of nitrogens with zero attached hydrogens (tertiary/aromatic N) is 1. The first kappa shape index (κ1) is 15.4. The summed E-state index contributed by atoms with van der Waals surface area (Å²) in [5.41, 5.74) is 3.17. The van der Waals surface area contributed by atoms with Crippen molar-refractivity contribution in [3.05, 3.63) is 54.2 Å². The molecular formula is C16H14N2O4S. The second-order valence-corrected chi connectivity index (χ2v) is 5.51. The molecule has 0 saturated carbocycles. The van der Waals surface area contributed by atoms with Crippen LogP contribution in [0.5, 0.6) is 11.5 Å². The molecule has 3 rings (SSSR count). The Labute approximate surface area is 136 Å². The average Bonchev–Trinajstić information content (AvgIpc) is 2.56. The number of aromatic hydroxyl groups is 2. The van der Waals surface area contributed by atoms with Gasteiger partial charge in [-0.15, -0.1) is 4.33 Å². The van der Waals surface area contributed by atoms with Crippen LogP contribution < -0.4 is 5.48 Å². The van der Waals surface area contributed by atoms with Crippen molar-refractivity contribution in [1.29, 1.82) is 0 Å². The number of hydrogen-bond acceptors (Lipinski definition) is 7. The summed E-state index contributed by atoms with van der Waals surface area (Å²) in [4.78, 5) is 9.54. The summed E-state index contributed by atoms with van der Waals surface area (Å²) in [6.45, 7) is 1.84. The molecule has 0 bridgehead atoms. The topological polar surface area (TPSA) is 83.8 Å². The van der Waals surface area contributed by atoms with Gasteiger partial charge in [0.25, 0.3) is 0 Å². The minimum absolute atomic E-state index is 0.0490. The zero-order valence-corrected chi connectivity index (χ0v) is 13.0. The van der Waals surface area contributed by atoms with Gasteiger partial charge in [0.05, 0.1) is 12.0 Å². The molecule has 6 nitrogen and oxygen atoms in total. The van der Waals surface area contributed by atoms with E-state index in [1.807, 2.05) is 31.2 Å². The molecule has 0 saturated heterocycles. The predicted molar refractivity (Wildman–Crippen MR) is 87.9 cm³/mol. The fourth-order valence-electron chi connectivity index (χ4n) is 2.17. The molecule has 0 aliphatic carbocycles. The van der Waals surface area contributed by atoms with Crippen molar-refractivity contribution in [2.24, 2.45) is 0 Å². The van der Waals surface area contributed by atoms with Crippen LogP contribution >= 0.6 is 12.0 Å². The van der Waals surface area contributed by atoms with Gasteiger partial charge < -0.3 is 10.2 Å². The first-order valence-electron chi connectivity index (χ1n) is 6.78. The normalized spacial score (nSPS) is 10.8. The number of fused-ring (bicyclic) bond motifs is 1. The van der Waals surface area contributed by atoms with E-state index in [1.54, 1.807) is 12.1 Å². The number of aromatic nitrogens is 1. The first-order valence-corrected chi connectivity index (χ1v) is 7.52. The summed E-state index contributed by atoms with van der Waals surface area (Å²) >= 11 is 0.993. The maximum Gasteiger partial charge on any atom is 0.195 e. The van der Waals surface area contributed by atoms with Crippen molar-refractivity contribution >= 4 is 28.6 Å². The Morgan fingerprint density at radius 1 is 1.04 bits per heavy atom. The molecule has 3 N–H and O–H groups in total. The molecule has 7 heteroatoms. The minimum Gasteiger partial charge on any atom is -0.508 e. The lowest BCUT2D eigenvalue weighted by atomic mass is 10.0.